The van der Waals surface area contributed by atoms with Crippen LogP contribution in [0.3, 0.4) is 0 Å². The lowest BCUT2D eigenvalue weighted by Crippen LogP contribution is -2.28. The Balaban J connectivity index is 1.57. The zero-order valence-electron chi connectivity index (χ0n) is 17.1. The molecule has 1 aliphatic heterocycles. The molecule has 32 heavy (non-hydrogen) atoms. The van der Waals surface area contributed by atoms with Gasteiger partial charge in [-0.15, -0.1) is 0 Å². The first-order chi connectivity index (χ1) is 15.8. The van der Waals surface area contributed by atoms with Crippen molar-refractivity contribution in [2.45, 2.75) is 12.0 Å². The van der Waals surface area contributed by atoms with Crippen LogP contribution in [0.15, 0.2) is 108 Å². The normalized spacial score (nSPS) is 18.5. The van der Waals surface area contributed by atoms with Crippen LogP contribution in [-0.2, 0) is 0 Å². The van der Waals surface area contributed by atoms with Crippen LogP contribution in [0.1, 0.15) is 11.5 Å². The second kappa shape index (κ2) is 7.84. The number of fused-ring (bicyclic) bond motifs is 3. The van der Waals surface area contributed by atoms with E-state index in [1.165, 1.54) is 11.3 Å². The summed E-state index contributed by atoms with van der Waals surface area (Å²) >= 11 is 3.65. The van der Waals surface area contributed by atoms with Gasteiger partial charge in [0.1, 0.15) is 0 Å². The molecule has 2 aliphatic rings. The smallest absolute Gasteiger partial charge is 0.0915 e. The standard InChI is InChI=1S/C27H19BrN4/c28-18-11-12-27-21(15-18)20-7-1-2-10-26(20)32(27)19-16-24(22-8-3-5-13-29-22)31-25(17-19)23-9-4-6-14-30-23/h1-17,20,26H. The summed E-state index contributed by atoms with van der Waals surface area (Å²) in [6, 6.07) is 22.8. The van der Waals surface area contributed by atoms with Gasteiger partial charge in [-0.2, -0.15) is 0 Å². The van der Waals surface area contributed by atoms with Gasteiger partial charge >= 0.3 is 0 Å². The molecule has 0 N–H and O–H groups in total. The number of anilines is 2. The molecule has 5 heteroatoms. The molecule has 1 aliphatic carbocycles. The molecule has 4 nitrogen and oxygen atoms in total. The molecule has 4 heterocycles. The van der Waals surface area contributed by atoms with Crippen molar-refractivity contribution in [1.82, 2.24) is 15.0 Å². The highest BCUT2D eigenvalue weighted by molar-refractivity contribution is 9.10. The van der Waals surface area contributed by atoms with Gasteiger partial charge in [-0.3, -0.25) is 9.97 Å². The summed E-state index contributed by atoms with van der Waals surface area (Å²) in [7, 11) is 0. The molecule has 0 radical (unpaired) electrons. The van der Waals surface area contributed by atoms with Gasteiger partial charge in [0.25, 0.3) is 0 Å². The van der Waals surface area contributed by atoms with E-state index >= 15 is 0 Å². The summed E-state index contributed by atoms with van der Waals surface area (Å²) in [5, 5.41) is 0. The molecule has 0 bridgehead atoms. The van der Waals surface area contributed by atoms with Crippen LogP contribution in [0.2, 0.25) is 0 Å². The SMILES string of the molecule is Brc1ccc2c(c1)C1C=CC=CC1N2c1cc(-c2ccccn2)nc(-c2ccccn2)c1. The van der Waals surface area contributed by atoms with E-state index in [0.717, 1.165) is 32.9 Å². The molecule has 0 spiro atoms. The fourth-order valence-electron chi connectivity index (χ4n) is 4.56. The second-order valence-electron chi connectivity index (χ2n) is 7.89. The van der Waals surface area contributed by atoms with E-state index in [4.69, 9.17) is 4.98 Å². The highest BCUT2D eigenvalue weighted by Gasteiger charge is 2.37. The van der Waals surface area contributed by atoms with Gasteiger partial charge in [0, 0.05) is 34.2 Å². The number of rotatable bonds is 3. The number of halogens is 1. The van der Waals surface area contributed by atoms with Crippen molar-refractivity contribution < 1.29 is 0 Å². The predicted molar refractivity (Wildman–Crippen MR) is 132 cm³/mol. The zero-order valence-corrected chi connectivity index (χ0v) is 18.7. The lowest BCUT2D eigenvalue weighted by Gasteiger charge is -2.29. The zero-order chi connectivity index (χ0) is 21.5. The highest BCUT2D eigenvalue weighted by Crippen LogP contribution is 2.49. The number of pyridine rings is 3. The molecular formula is C27H19BrN4. The van der Waals surface area contributed by atoms with Crippen molar-refractivity contribution in [2.75, 3.05) is 4.90 Å². The van der Waals surface area contributed by atoms with Crippen LogP contribution < -0.4 is 4.90 Å². The van der Waals surface area contributed by atoms with Crippen molar-refractivity contribution in [3.63, 3.8) is 0 Å². The monoisotopic (exact) mass is 478 g/mol. The summed E-state index contributed by atoms with van der Waals surface area (Å²) in [6.07, 6.45) is 12.4. The second-order valence-corrected chi connectivity index (χ2v) is 8.80. The fourth-order valence-corrected chi connectivity index (χ4v) is 4.94. The summed E-state index contributed by atoms with van der Waals surface area (Å²) < 4.78 is 1.10. The quantitative estimate of drug-likeness (QED) is 0.328. The van der Waals surface area contributed by atoms with Gasteiger partial charge < -0.3 is 4.90 Å². The van der Waals surface area contributed by atoms with Gasteiger partial charge in [0.15, 0.2) is 0 Å². The largest absolute Gasteiger partial charge is 0.333 e. The minimum atomic E-state index is 0.208. The predicted octanol–water partition coefficient (Wildman–Crippen LogP) is 6.70. The van der Waals surface area contributed by atoms with Gasteiger partial charge in [-0.1, -0.05) is 52.4 Å². The van der Waals surface area contributed by atoms with Gasteiger partial charge in [0.2, 0.25) is 0 Å². The van der Waals surface area contributed by atoms with E-state index in [1.54, 1.807) is 12.4 Å². The Kier molecular flexibility index (Phi) is 4.69. The summed E-state index contributed by atoms with van der Waals surface area (Å²) in [4.78, 5) is 16.5. The summed E-state index contributed by atoms with van der Waals surface area (Å²) in [5.41, 5.74) is 6.97. The molecular weight excluding hydrogens is 460 g/mol. The van der Waals surface area contributed by atoms with Crippen LogP contribution in [0.25, 0.3) is 22.8 Å². The summed E-state index contributed by atoms with van der Waals surface area (Å²) in [5.74, 6) is 0.303. The number of aromatic nitrogens is 3. The number of benzene rings is 1. The third-order valence-corrected chi connectivity index (χ3v) is 6.45. The summed E-state index contributed by atoms with van der Waals surface area (Å²) in [6.45, 7) is 0. The van der Waals surface area contributed by atoms with Crippen LogP contribution in [0, 0.1) is 0 Å². The maximum atomic E-state index is 4.93. The Morgan fingerprint density at radius 1 is 0.719 bits per heavy atom. The molecule has 2 atom stereocenters. The Bertz CT molecular complexity index is 1290. The first-order valence-corrected chi connectivity index (χ1v) is 11.4. The van der Waals surface area contributed by atoms with E-state index in [-0.39, 0.29) is 6.04 Å². The third kappa shape index (κ3) is 3.26. The van der Waals surface area contributed by atoms with Crippen LogP contribution in [0.4, 0.5) is 11.4 Å². The molecule has 0 saturated carbocycles. The first kappa shape index (κ1) is 19.1. The number of allylic oxidation sites excluding steroid dienone is 2. The van der Waals surface area contributed by atoms with Crippen LogP contribution in [-0.4, -0.2) is 21.0 Å². The Morgan fingerprint density at radius 2 is 1.41 bits per heavy atom. The Hall–Kier alpha value is -3.57. The Labute approximate surface area is 195 Å². The molecule has 154 valence electrons. The van der Waals surface area contributed by atoms with Crippen molar-refractivity contribution in [1.29, 1.82) is 0 Å². The molecule has 4 aromatic rings. The average Bonchev–Trinajstić information content (AvgIpc) is 3.18. The molecule has 0 fully saturated rings. The maximum Gasteiger partial charge on any atom is 0.0915 e. The molecule has 3 aromatic heterocycles. The Morgan fingerprint density at radius 3 is 2.06 bits per heavy atom. The van der Waals surface area contributed by atoms with Gasteiger partial charge in [-0.05, 0) is 60.2 Å². The lowest BCUT2D eigenvalue weighted by atomic mass is 9.91. The van der Waals surface area contributed by atoms with Crippen molar-refractivity contribution in [2.24, 2.45) is 0 Å². The average molecular weight is 479 g/mol. The van der Waals surface area contributed by atoms with Gasteiger partial charge in [0.05, 0.1) is 28.8 Å². The third-order valence-electron chi connectivity index (χ3n) is 5.96. The van der Waals surface area contributed by atoms with Crippen LogP contribution >= 0.6 is 15.9 Å². The van der Waals surface area contributed by atoms with E-state index in [2.05, 4.69) is 85.4 Å². The van der Waals surface area contributed by atoms with E-state index in [9.17, 15) is 0 Å². The molecule has 6 rings (SSSR count). The van der Waals surface area contributed by atoms with Crippen molar-refractivity contribution in [3.05, 3.63) is 113 Å². The van der Waals surface area contributed by atoms with Crippen LogP contribution in [0.5, 0.6) is 0 Å². The van der Waals surface area contributed by atoms with E-state index < -0.39 is 0 Å². The van der Waals surface area contributed by atoms with Crippen molar-refractivity contribution in [3.8, 4) is 22.8 Å². The number of hydrogen-bond acceptors (Lipinski definition) is 4. The molecule has 2 unspecified atom stereocenters. The first-order valence-electron chi connectivity index (χ1n) is 10.6. The highest BCUT2D eigenvalue weighted by atomic mass is 79.9. The van der Waals surface area contributed by atoms with Crippen molar-refractivity contribution >= 4 is 27.3 Å². The fraction of sp³-hybridized carbons (Fsp3) is 0.0741. The van der Waals surface area contributed by atoms with Gasteiger partial charge in [-0.25, -0.2) is 4.98 Å². The molecule has 0 amide bonds. The van der Waals surface area contributed by atoms with E-state index in [1.807, 2.05) is 36.4 Å². The maximum absolute atomic E-state index is 4.93. The minimum absolute atomic E-state index is 0.208. The molecule has 0 saturated heterocycles. The van der Waals surface area contributed by atoms with E-state index in [0.29, 0.717) is 5.92 Å². The lowest BCUT2D eigenvalue weighted by molar-refractivity contribution is 0.744. The number of nitrogens with zero attached hydrogens (tertiary/aromatic N) is 4. The number of hydrogen-bond donors (Lipinski definition) is 0. The minimum Gasteiger partial charge on any atom is -0.333 e. The molecule has 1 aromatic carbocycles. The topological polar surface area (TPSA) is 41.9 Å².